The summed E-state index contributed by atoms with van der Waals surface area (Å²) in [5.74, 6) is -0.0494. The molecule has 0 spiro atoms. The second-order valence-corrected chi connectivity index (χ2v) is 4.02. The second-order valence-electron chi connectivity index (χ2n) is 4.02. The van der Waals surface area contributed by atoms with Crippen LogP contribution in [0.5, 0.6) is 0 Å². The molecule has 1 heterocycles. The molecule has 0 fully saturated rings. The van der Waals surface area contributed by atoms with Crippen LogP contribution in [0.4, 0.5) is 10.1 Å². The summed E-state index contributed by atoms with van der Waals surface area (Å²) in [4.78, 5) is 3.52. The van der Waals surface area contributed by atoms with Gasteiger partial charge in [0.2, 0.25) is 5.95 Å². The maximum absolute atomic E-state index is 12.9. The fraction of sp³-hybridized carbons (Fsp3) is 0.583. The molecule has 1 N–H and O–H groups in total. The van der Waals surface area contributed by atoms with Crippen LogP contribution in [0.1, 0.15) is 20.8 Å². The highest BCUT2D eigenvalue weighted by Gasteiger charge is 2.13. The summed E-state index contributed by atoms with van der Waals surface area (Å²) in [7, 11) is 0. The van der Waals surface area contributed by atoms with E-state index in [0.29, 0.717) is 19.1 Å². The van der Waals surface area contributed by atoms with Gasteiger partial charge >= 0.3 is 0 Å². The zero-order chi connectivity index (χ0) is 12.0. The van der Waals surface area contributed by atoms with Crippen molar-refractivity contribution >= 4 is 5.69 Å². The number of nitrogens with one attached hydrogen (secondary N) is 1. The molecule has 0 radical (unpaired) electrons. The van der Waals surface area contributed by atoms with Gasteiger partial charge < -0.3 is 10.1 Å². The molecule has 0 aliphatic heterocycles. The lowest BCUT2D eigenvalue weighted by molar-refractivity contribution is 0.127. The number of anilines is 1. The summed E-state index contributed by atoms with van der Waals surface area (Å²) in [6, 6.07) is 3.33. The molecule has 0 bridgehead atoms. The number of halogens is 1. The zero-order valence-electron chi connectivity index (χ0n) is 10.0. The van der Waals surface area contributed by atoms with E-state index in [4.69, 9.17) is 4.74 Å². The molecule has 0 aromatic carbocycles. The minimum atomic E-state index is -0.469. The Labute approximate surface area is 96.0 Å². The maximum Gasteiger partial charge on any atom is 0.214 e. The van der Waals surface area contributed by atoms with Gasteiger partial charge in [0.1, 0.15) is 0 Å². The Kier molecular flexibility index (Phi) is 5.19. The van der Waals surface area contributed by atoms with Crippen molar-refractivity contribution in [3.05, 3.63) is 24.3 Å². The monoisotopic (exact) mass is 226 g/mol. The fourth-order valence-electron chi connectivity index (χ4n) is 1.35. The van der Waals surface area contributed by atoms with Crippen LogP contribution in [0.3, 0.4) is 0 Å². The number of aromatic nitrogens is 1. The minimum Gasteiger partial charge on any atom is -0.380 e. The molecule has 0 amide bonds. The van der Waals surface area contributed by atoms with Crippen molar-refractivity contribution in [1.82, 2.24) is 4.98 Å². The third-order valence-corrected chi connectivity index (χ3v) is 2.38. The van der Waals surface area contributed by atoms with Gasteiger partial charge in [-0.1, -0.05) is 13.8 Å². The standard InChI is InChI=1S/C12H19FN2O/c1-4-16-8-11(9(2)3)15-10-5-6-14-12(13)7-10/h5-7,9,11H,4,8H2,1-3H3,(H,14,15). The molecule has 0 aliphatic carbocycles. The van der Waals surface area contributed by atoms with E-state index in [1.807, 2.05) is 6.92 Å². The number of rotatable bonds is 6. The molecule has 0 saturated heterocycles. The van der Waals surface area contributed by atoms with Crippen LogP contribution in [0.15, 0.2) is 18.3 Å². The van der Waals surface area contributed by atoms with Gasteiger partial charge in [-0.15, -0.1) is 0 Å². The molecular formula is C12H19FN2O. The molecule has 16 heavy (non-hydrogen) atoms. The minimum absolute atomic E-state index is 0.182. The van der Waals surface area contributed by atoms with Gasteiger partial charge in [0, 0.05) is 24.6 Å². The van der Waals surface area contributed by atoms with E-state index >= 15 is 0 Å². The van der Waals surface area contributed by atoms with Gasteiger partial charge in [-0.05, 0) is 18.9 Å². The van der Waals surface area contributed by atoms with Gasteiger partial charge in [0.05, 0.1) is 12.6 Å². The molecular weight excluding hydrogens is 207 g/mol. The Morgan fingerprint density at radius 3 is 2.81 bits per heavy atom. The van der Waals surface area contributed by atoms with Crippen LogP contribution < -0.4 is 5.32 Å². The van der Waals surface area contributed by atoms with E-state index in [1.54, 1.807) is 6.07 Å². The predicted octanol–water partition coefficient (Wildman–Crippen LogP) is 2.69. The number of nitrogens with zero attached hydrogens (tertiary/aromatic N) is 1. The topological polar surface area (TPSA) is 34.1 Å². The predicted molar refractivity (Wildman–Crippen MR) is 62.9 cm³/mol. The van der Waals surface area contributed by atoms with Crippen LogP contribution in [0, 0.1) is 11.9 Å². The summed E-state index contributed by atoms with van der Waals surface area (Å²) in [5, 5.41) is 3.25. The van der Waals surface area contributed by atoms with Crippen LogP contribution in [0.25, 0.3) is 0 Å². The quantitative estimate of drug-likeness (QED) is 0.757. The summed E-state index contributed by atoms with van der Waals surface area (Å²) >= 11 is 0. The van der Waals surface area contributed by atoms with Crippen LogP contribution in [-0.2, 0) is 4.74 Å². The first-order chi connectivity index (χ1) is 7.63. The average molecular weight is 226 g/mol. The maximum atomic E-state index is 12.9. The Balaban J connectivity index is 2.60. The Morgan fingerprint density at radius 1 is 1.50 bits per heavy atom. The molecule has 1 aromatic heterocycles. The second kappa shape index (κ2) is 6.43. The van der Waals surface area contributed by atoms with Crippen molar-refractivity contribution in [2.45, 2.75) is 26.8 Å². The molecule has 1 unspecified atom stereocenters. The summed E-state index contributed by atoms with van der Waals surface area (Å²) in [6.07, 6.45) is 1.45. The fourth-order valence-corrected chi connectivity index (χ4v) is 1.35. The van der Waals surface area contributed by atoms with Crippen LogP contribution >= 0.6 is 0 Å². The summed E-state index contributed by atoms with van der Waals surface area (Å²) < 4.78 is 18.3. The first-order valence-corrected chi connectivity index (χ1v) is 5.59. The Bertz CT molecular complexity index is 318. The molecule has 90 valence electrons. The van der Waals surface area contributed by atoms with E-state index in [2.05, 4.69) is 24.1 Å². The molecule has 1 aromatic rings. The van der Waals surface area contributed by atoms with E-state index in [1.165, 1.54) is 12.3 Å². The molecule has 4 heteroatoms. The molecule has 1 rings (SSSR count). The van der Waals surface area contributed by atoms with Gasteiger partial charge in [-0.25, -0.2) is 4.98 Å². The van der Waals surface area contributed by atoms with Crippen LogP contribution in [0.2, 0.25) is 0 Å². The Morgan fingerprint density at radius 2 is 2.25 bits per heavy atom. The zero-order valence-corrected chi connectivity index (χ0v) is 10.0. The first kappa shape index (κ1) is 12.9. The van der Waals surface area contributed by atoms with Gasteiger partial charge in [-0.3, -0.25) is 0 Å². The Hall–Kier alpha value is -1.16. The molecule has 3 nitrogen and oxygen atoms in total. The normalized spacial score (nSPS) is 12.8. The number of ether oxygens (including phenoxy) is 1. The number of hydrogen-bond donors (Lipinski definition) is 1. The third-order valence-electron chi connectivity index (χ3n) is 2.38. The van der Waals surface area contributed by atoms with Crippen molar-refractivity contribution in [3.8, 4) is 0 Å². The average Bonchev–Trinajstić information content (AvgIpc) is 2.24. The smallest absolute Gasteiger partial charge is 0.214 e. The molecule has 1 atom stereocenters. The van der Waals surface area contributed by atoms with Gasteiger partial charge in [0.25, 0.3) is 0 Å². The van der Waals surface area contributed by atoms with Crippen molar-refractivity contribution < 1.29 is 9.13 Å². The largest absolute Gasteiger partial charge is 0.380 e. The number of pyridine rings is 1. The molecule has 0 aliphatic rings. The SMILES string of the molecule is CCOCC(Nc1ccnc(F)c1)C(C)C. The van der Waals surface area contributed by atoms with Gasteiger partial charge in [0.15, 0.2) is 0 Å². The van der Waals surface area contributed by atoms with E-state index in [0.717, 1.165) is 5.69 Å². The highest BCUT2D eigenvalue weighted by molar-refractivity contribution is 5.42. The highest BCUT2D eigenvalue weighted by atomic mass is 19.1. The molecule has 0 saturated carbocycles. The lowest BCUT2D eigenvalue weighted by Gasteiger charge is -2.23. The summed E-state index contributed by atoms with van der Waals surface area (Å²) in [6.45, 7) is 7.49. The van der Waals surface area contributed by atoms with E-state index in [9.17, 15) is 4.39 Å². The van der Waals surface area contributed by atoms with Crippen LogP contribution in [-0.4, -0.2) is 24.2 Å². The van der Waals surface area contributed by atoms with Crippen molar-refractivity contribution in [2.75, 3.05) is 18.5 Å². The van der Waals surface area contributed by atoms with E-state index < -0.39 is 5.95 Å². The lowest BCUT2D eigenvalue weighted by atomic mass is 10.1. The van der Waals surface area contributed by atoms with E-state index in [-0.39, 0.29) is 6.04 Å². The number of hydrogen-bond acceptors (Lipinski definition) is 3. The summed E-state index contributed by atoms with van der Waals surface area (Å²) in [5.41, 5.74) is 0.742. The lowest BCUT2D eigenvalue weighted by Crippen LogP contribution is -2.31. The first-order valence-electron chi connectivity index (χ1n) is 5.59. The van der Waals surface area contributed by atoms with Crippen molar-refractivity contribution in [2.24, 2.45) is 5.92 Å². The van der Waals surface area contributed by atoms with Crippen molar-refractivity contribution in [1.29, 1.82) is 0 Å². The van der Waals surface area contributed by atoms with Crippen molar-refractivity contribution in [3.63, 3.8) is 0 Å². The third kappa shape index (κ3) is 4.14. The highest BCUT2D eigenvalue weighted by Crippen LogP contribution is 2.13. The van der Waals surface area contributed by atoms with Gasteiger partial charge in [-0.2, -0.15) is 4.39 Å².